The van der Waals surface area contributed by atoms with Crippen LogP contribution in [0.1, 0.15) is 90.4 Å². The summed E-state index contributed by atoms with van der Waals surface area (Å²) in [7, 11) is 0. The summed E-state index contributed by atoms with van der Waals surface area (Å²) in [6.07, 6.45) is 17.4. The molecule has 0 aliphatic rings. The van der Waals surface area contributed by atoms with Crippen molar-refractivity contribution in [3.63, 3.8) is 0 Å². The summed E-state index contributed by atoms with van der Waals surface area (Å²) in [5.74, 6) is 0. The van der Waals surface area contributed by atoms with Crippen molar-refractivity contribution in [3.8, 4) is 0 Å². The van der Waals surface area contributed by atoms with Crippen molar-refractivity contribution >= 4 is 35.8 Å². The SMILES string of the molecule is CCCCCCCCCCCCCCCOP(=O)(Br)Br. The van der Waals surface area contributed by atoms with Gasteiger partial charge in [-0.15, -0.1) is 0 Å². The minimum Gasteiger partial charge on any atom is -0.313 e. The Morgan fingerprint density at radius 3 is 1.40 bits per heavy atom. The van der Waals surface area contributed by atoms with Gasteiger partial charge in [-0.05, 0) is 6.42 Å². The molecule has 0 unspecified atom stereocenters. The van der Waals surface area contributed by atoms with Crippen LogP contribution in [0.3, 0.4) is 0 Å². The van der Waals surface area contributed by atoms with Crippen LogP contribution in [0.4, 0.5) is 0 Å². The molecule has 0 saturated carbocycles. The summed E-state index contributed by atoms with van der Waals surface area (Å²) >= 11 is 5.93. The van der Waals surface area contributed by atoms with E-state index in [1.807, 2.05) is 0 Å². The summed E-state index contributed by atoms with van der Waals surface area (Å²) in [6.45, 7) is 2.84. The molecule has 0 amide bonds. The Morgan fingerprint density at radius 2 is 1.05 bits per heavy atom. The maximum Gasteiger partial charge on any atom is 0.328 e. The lowest BCUT2D eigenvalue weighted by atomic mass is 10.0. The molecule has 20 heavy (non-hydrogen) atoms. The number of unbranched alkanes of at least 4 members (excludes halogenated alkanes) is 12. The summed E-state index contributed by atoms with van der Waals surface area (Å²) in [5, 5.41) is 0. The summed E-state index contributed by atoms with van der Waals surface area (Å²) in [5.41, 5.74) is 0. The second kappa shape index (κ2) is 15.1. The number of halogens is 2. The van der Waals surface area contributed by atoms with Gasteiger partial charge in [-0.1, -0.05) is 84.0 Å². The van der Waals surface area contributed by atoms with Crippen molar-refractivity contribution in [1.29, 1.82) is 0 Å². The number of rotatable bonds is 15. The molecular formula is C15H31Br2O2P. The fourth-order valence-electron chi connectivity index (χ4n) is 2.29. The second-order valence-electron chi connectivity index (χ2n) is 5.49. The first-order chi connectivity index (χ1) is 9.56. The van der Waals surface area contributed by atoms with Crippen LogP contribution in [0.25, 0.3) is 0 Å². The molecule has 0 N–H and O–H groups in total. The van der Waals surface area contributed by atoms with E-state index in [-0.39, 0.29) is 0 Å². The predicted octanol–water partition coefficient (Wildman–Crippen LogP) is 7.99. The standard InChI is InChI=1S/C15H31Br2O2P/c1-2-3-4-5-6-7-8-9-10-11-12-13-14-15-19-20(16,17)18/h2-15H2,1H3. The van der Waals surface area contributed by atoms with E-state index in [0.29, 0.717) is 6.61 Å². The van der Waals surface area contributed by atoms with E-state index < -0.39 is 4.77 Å². The lowest BCUT2D eigenvalue weighted by Crippen LogP contribution is -1.88. The quantitative estimate of drug-likeness (QED) is 0.193. The summed E-state index contributed by atoms with van der Waals surface area (Å²) in [6, 6.07) is 0. The molecule has 0 aromatic heterocycles. The van der Waals surface area contributed by atoms with E-state index >= 15 is 0 Å². The lowest BCUT2D eigenvalue weighted by molar-refractivity contribution is 0.323. The zero-order valence-electron chi connectivity index (χ0n) is 12.9. The predicted molar refractivity (Wildman–Crippen MR) is 97.1 cm³/mol. The highest BCUT2D eigenvalue weighted by Gasteiger charge is 2.11. The van der Waals surface area contributed by atoms with Gasteiger partial charge in [0.05, 0.1) is 6.61 Å². The van der Waals surface area contributed by atoms with Crippen LogP contribution in [0, 0.1) is 0 Å². The highest BCUT2D eigenvalue weighted by Crippen LogP contribution is 2.62. The van der Waals surface area contributed by atoms with Crippen molar-refractivity contribution in [2.24, 2.45) is 0 Å². The van der Waals surface area contributed by atoms with Gasteiger partial charge in [-0.2, -0.15) is 0 Å². The molecule has 0 heterocycles. The third-order valence-electron chi connectivity index (χ3n) is 3.49. The van der Waals surface area contributed by atoms with Gasteiger partial charge < -0.3 is 4.52 Å². The molecule has 0 aromatic rings. The van der Waals surface area contributed by atoms with Crippen LogP contribution >= 0.6 is 35.8 Å². The fourth-order valence-corrected chi connectivity index (χ4v) is 3.50. The Kier molecular flexibility index (Phi) is 15.9. The molecule has 0 bridgehead atoms. The van der Waals surface area contributed by atoms with Crippen molar-refractivity contribution < 1.29 is 9.09 Å². The molecule has 0 aliphatic heterocycles. The maximum absolute atomic E-state index is 11.1. The van der Waals surface area contributed by atoms with Crippen LogP contribution in [0.5, 0.6) is 0 Å². The first kappa shape index (κ1) is 21.1. The Morgan fingerprint density at radius 1 is 0.700 bits per heavy atom. The average molecular weight is 434 g/mol. The first-order valence-electron chi connectivity index (χ1n) is 8.20. The van der Waals surface area contributed by atoms with E-state index in [0.717, 1.165) is 6.42 Å². The topological polar surface area (TPSA) is 26.3 Å². The highest BCUT2D eigenvalue weighted by atomic mass is 79.9. The fraction of sp³-hybridized carbons (Fsp3) is 1.00. The maximum atomic E-state index is 11.1. The van der Waals surface area contributed by atoms with Crippen molar-refractivity contribution in [2.45, 2.75) is 90.4 Å². The Balaban J connectivity index is 3.01. The smallest absolute Gasteiger partial charge is 0.313 e. The van der Waals surface area contributed by atoms with E-state index in [1.165, 1.54) is 77.0 Å². The van der Waals surface area contributed by atoms with Gasteiger partial charge in [-0.25, -0.2) is 0 Å². The molecule has 2 nitrogen and oxygen atoms in total. The normalized spacial score (nSPS) is 11.9. The average Bonchev–Trinajstić information content (AvgIpc) is 2.38. The van der Waals surface area contributed by atoms with E-state index in [2.05, 4.69) is 37.9 Å². The van der Waals surface area contributed by atoms with Crippen molar-refractivity contribution in [1.82, 2.24) is 0 Å². The zero-order chi connectivity index (χ0) is 15.1. The lowest BCUT2D eigenvalue weighted by Gasteiger charge is -2.05. The molecule has 0 radical (unpaired) electrons. The molecule has 0 aromatic carbocycles. The zero-order valence-corrected chi connectivity index (χ0v) is 17.0. The minimum atomic E-state index is -2.63. The van der Waals surface area contributed by atoms with Crippen LogP contribution in [-0.2, 0) is 9.09 Å². The number of hydrogen-bond donors (Lipinski definition) is 0. The van der Waals surface area contributed by atoms with Gasteiger partial charge >= 0.3 is 4.77 Å². The number of hydrogen-bond acceptors (Lipinski definition) is 2. The Labute approximate surface area is 141 Å². The Hall–Kier alpha value is 1.15. The monoisotopic (exact) mass is 432 g/mol. The molecule has 122 valence electrons. The van der Waals surface area contributed by atoms with Crippen LogP contribution in [-0.4, -0.2) is 6.61 Å². The molecule has 0 rings (SSSR count). The van der Waals surface area contributed by atoms with Gasteiger partial charge in [0.1, 0.15) is 0 Å². The third-order valence-corrected chi connectivity index (χ3v) is 5.20. The van der Waals surface area contributed by atoms with Crippen molar-refractivity contribution in [3.05, 3.63) is 0 Å². The molecule has 0 saturated heterocycles. The highest BCUT2D eigenvalue weighted by molar-refractivity contribution is 9.70. The third kappa shape index (κ3) is 19.1. The second-order valence-corrected chi connectivity index (χ2v) is 15.0. The minimum absolute atomic E-state index is 0.575. The van der Waals surface area contributed by atoms with Gasteiger partial charge in [0.25, 0.3) is 0 Å². The van der Waals surface area contributed by atoms with Crippen LogP contribution < -0.4 is 0 Å². The molecule has 0 aliphatic carbocycles. The molecule has 0 spiro atoms. The van der Waals surface area contributed by atoms with Gasteiger partial charge in [0.2, 0.25) is 0 Å². The molecule has 0 atom stereocenters. The first-order valence-corrected chi connectivity index (χ1v) is 13.9. The van der Waals surface area contributed by atoms with Gasteiger partial charge in [0.15, 0.2) is 0 Å². The summed E-state index contributed by atoms with van der Waals surface area (Å²) < 4.78 is 13.6. The Bertz CT molecular complexity index is 244. The molecule has 5 heteroatoms. The van der Waals surface area contributed by atoms with E-state index in [4.69, 9.17) is 4.52 Å². The van der Waals surface area contributed by atoms with E-state index in [9.17, 15) is 4.57 Å². The van der Waals surface area contributed by atoms with E-state index in [1.54, 1.807) is 0 Å². The van der Waals surface area contributed by atoms with Crippen LogP contribution in [0.2, 0.25) is 0 Å². The van der Waals surface area contributed by atoms with Crippen molar-refractivity contribution in [2.75, 3.05) is 6.61 Å². The van der Waals surface area contributed by atoms with Crippen LogP contribution in [0.15, 0.2) is 0 Å². The van der Waals surface area contributed by atoms with Gasteiger partial charge in [-0.3, -0.25) is 4.57 Å². The molecule has 0 fully saturated rings. The molecular weight excluding hydrogens is 403 g/mol. The van der Waals surface area contributed by atoms with Gasteiger partial charge in [0, 0.05) is 31.0 Å². The largest absolute Gasteiger partial charge is 0.328 e. The summed E-state index contributed by atoms with van der Waals surface area (Å²) in [4.78, 5) is 0.